The fraction of sp³-hybridized carbons (Fsp3) is 0.235. The van der Waals surface area contributed by atoms with Crippen molar-refractivity contribution in [1.82, 2.24) is 5.32 Å². The summed E-state index contributed by atoms with van der Waals surface area (Å²) in [6.07, 6.45) is -2.77. The molecule has 5 heteroatoms. The van der Waals surface area contributed by atoms with Crippen LogP contribution in [0, 0.1) is 0 Å². The molecule has 0 atom stereocenters. The van der Waals surface area contributed by atoms with Gasteiger partial charge in [0.05, 0.1) is 5.56 Å². The number of carbonyl (C=O) groups excluding carboxylic acids is 1. The van der Waals surface area contributed by atoms with Crippen LogP contribution in [0.4, 0.5) is 13.2 Å². The Morgan fingerprint density at radius 1 is 0.955 bits per heavy atom. The minimum atomic E-state index is -4.38. The molecule has 0 aliphatic heterocycles. The molecule has 0 saturated carbocycles. The van der Waals surface area contributed by atoms with E-state index in [0.29, 0.717) is 6.54 Å². The van der Waals surface area contributed by atoms with E-state index in [4.69, 9.17) is 0 Å². The molecule has 0 radical (unpaired) electrons. The van der Waals surface area contributed by atoms with Crippen molar-refractivity contribution in [2.45, 2.75) is 19.0 Å². The van der Waals surface area contributed by atoms with Crippen LogP contribution in [-0.2, 0) is 12.6 Å². The highest BCUT2D eigenvalue weighted by molar-refractivity contribution is 5.94. The Balaban J connectivity index is 1.80. The monoisotopic (exact) mass is 307 g/mol. The van der Waals surface area contributed by atoms with Gasteiger partial charge in [-0.1, -0.05) is 30.3 Å². The van der Waals surface area contributed by atoms with Crippen LogP contribution < -0.4 is 5.32 Å². The van der Waals surface area contributed by atoms with Crippen LogP contribution in [0.15, 0.2) is 54.6 Å². The number of alkyl halides is 3. The van der Waals surface area contributed by atoms with E-state index in [1.165, 1.54) is 17.7 Å². The Morgan fingerprint density at radius 3 is 2.18 bits per heavy atom. The second-order valence-electron chi connectivity index (χ2n) is 4.92. The molecule has 0 saturated heterocycles. The van der Waals surface area contributed by atoms with E-state index in [1.54, 1.807) is 0 Å². The topological polar surface area (TPSA) is 29.1 Å². The molecule has 0 fully saturated rings. The Kier molecular flexibility index (Phi) is 5.20. The Hall–Kier alpha value is -2.30. The summed E-state index contributed by atoms with van der Waals surface area (Å²) in [5.74, 6) is -0.359. The number of amides is 1. The zero-order chi connectivity index (χ0) is 16.0. The molecular weight excluding hydrogens is 291 g/mol. The molecule has 2 rings (SSSR count). The number of aryl methyl sites for hydroxylation is 1. The molecule has 0 aliphatic rings. The first-order valence-electron chi connectivity index (χ1n) is 6.96. The van der Waals surface area contributed by atoms with Crippen LogP contribution in [0.5, 0.6) is 0 Å². The summed E-state index contributed by atoms with van der Waals surface area (Å²) in [6.45, 7) is 0.481. The van der Waals surface area contributed by atoms with Crippen LogP contribution in [0.25, 0.3) is 0 Å². The Labute approximate surface area is 127 Å². The van der Waals surface area contributed by atoms with Gasteiger partial charge in [-0.25, -0.2) is 0 Å². The van der Waals surface area contributed by atoms with Gasteiger partial charge < -0.3 is 5.32 Å². The van der Waals surface area contributed by atoms with Gasteiger partial charge >= 0.3 is 6.18 Å². The SMILES string of the molecule is O=C(NCCCc1ccccc1)c1ccc(C(F)(F)F)cc1. The van der Waals surface area contributed by atoms with Gasteiger partial charge in [-0.2, -0.15) is 13.2 Å². The van der Waals surface area contributed by atoms with Gasteiger partial charge in [0, 0.05) is 12.1 Å². The summed E-state index contributed by atoms with van der Waals surface area (Å²) < 4.78 is 37.3. The van der Waals surface area contributed by atoms with Crippen LogP contribution in [0.3, 0.4) is 0 Å². The second kappa shape index (κ2) is 7.11. The van der Waals surface area contributed by atoms with Crippen LogP contribution in [0.1, 0.15) is 27.9 Å². The lowest BCUT2D eigenvalue weighted by molar-refractivity contribution is -0.137. The molecule has 0 spiro atoms. The van der Waals surface area contributed by atoms with Crippen LogP contribution in [-0.4, -0.2) is 12.5 Å². The average molecular weight is 307 g/mol. The number of benzene rings is 2. The van der Waals surface area contributed by atoms with Crippen molar-refractivity contribution in [1.29, 1.82) is 0 Å². The van der Waals surface area contributed by atoms with Gasteiger partial charge in [0.1, 0.15) is 0 Å². The lowest BCUT2D eigenvalue weighted by Gasteiger charge is -2.08. The fourth-order valence-electron chi connectivity index (χ4n) is 2.05. The summed E-state index contributed by atoms with van der Waals surface area (Å²) in [7, 11) is 0. The van der Waals surface area contributed by atoms with Crippen LogP contribution in [0.2, 0.25) is 0 Å². The summed E-state index contributed by atoms with van der Waals surface area (Å²) in [5, 5.41) is 2.71. The molecule has 116 valence electrons. The van der Waals surface area contributed by atoms with E-state index in [-0.39, 0.29) is 11.5 Å². The third-order valence-electron chi connectivity index (χ3n) is 3.25. The fourth-order valence-corrected chi connectivity index (χ4v) is 2.05. The predicted molar refractivity (Wildman–Crippen MR) is 78.5 cm³/mol. The first-order chi connectivity index (χ1) is 10.5. The number of halogens is 3. The van der Waals surface area contributed by atoms with Crippen LogP contribution >= 0.6 is 0 Å². The molecule has 0 aliphatic carbocycles. The number of hydrogen-bond acceptors (Lipinski definition) is 1. The number of carbonyl (C=O) groups is 1. The lowest BCUT2D eigenvalue weighted by Crippen LogP contribution is -2.24. The molecule has 22 heavy (non-hydrogen) atoms. The number of rotatable bonds is 5. The number of hydrogen-bond donors (Lipinski definition) is 1. The highest BCUT2D eigenvalue weighted by Gasteiger charge is 2.30. The van der Waals surface area contributed by atoms with Gasteiger partial charge in [0.25, 0.3) is 5.91 Å². The summed E-state index contributed by atoms with van der Waals surface area (Å²) >= 11 is 0. The van der Waals surface area contributed by atoms with Crippen molar-refractivity contribution < 1.29 is 18.0 Å². The molecule has 0 heterocycles. The van der Waals surface area contributed by atoms with Crippen molar-refractivity contribution in [3.8, 4) is 0 Å². The maximum atomic E-state index is 12.4. The van der Waals surface area contributed by atoms with E-state index in [1.807, 2.05) is 30.3 Å². The summed E-state index contributed by atoms with van der Waals surface area (Å²) in [4.78, 5) is 11.8. The third-order valence-corrected chi connectivity index (χ3v) is 3.25. The van der Waals surface area contributed by atoms with E-state index in [2.05, 4.69) is 5.32 Å². The Morgan fingerprint density at radius 2 is 1.59 bits per heavy atom. The van der Waals surface area contributed by atoms with Gasteiger partial charge in [-0.15, -0.1) is 0 Å². The maximum absolute atomic E-state index is 12.4. The summed E-state index contributed by atoms with van der Waals surface area (Å²) in [5.41, 5.74) is 0.659. The van der Waals surface area contributed by atoms with Crippen molar-refractivity contribution in [3.63, 3.8) is 0 Å². The van der Waals surface area contributed by atoms with Crippen molar-refractivity contribution in [2.75, 3.05) is 6.54 Å². The first kappa shape index (κ1) is 16.1. The van der Waals surface area contributed by atoms with Crippen molar-refractivity contribution >= 4 is 5.91 Å². The molecule has 0 bridgehead atoms. The highest BCUT2D eigenvalue weighted by atomic mass is 19.4. The zero-order valence-corrected chi connectivity index (χ0v) is 11.9. The van der Waals surface area contributed by atoms with E-state index >= 15 is 0 Å². The van der Waals surface area contributed by atoms with E-state index in [9.17, 15) is 18.0 Å². The standard InChI is InChI=1S/C17H16F3NO/c18-17(19,20)15-10-8-14(9-11-15)16(22)21-12-4-7-13-5-2-1-3-6-13/h1-3,5-6,8-11H,4,7,12H2,(H,21,22). The number of nitrogens with one attached hydrogen (secondary N) is 1. The Bertz CT molecular complexity index is 606. The van der Waals surface area contributed by atoms with Gasteiger partial charge in [-0.3, -0.25) is 4.79 Å². The second-order valence-corrected chi connectivity index (χ2v) is 4.92. The van der Waals surface area contributed by atoms with E-state index < -0.39 is 11.7 Å². The zero-order valence-electron chi connectivity index (χ0n) is 11.9. The maximum Gasteiger partial charge on any atom is 0.416 e. The third kappa shape index (κ3) is 4.62. The lowest BCUT2D eigenvalue weighted by atomic mass is 10.1. The highest BCUT2D eigenvalue weighted by Crippen LogP contribution is 2.29. The average Bonchev–Trinajstić information content (AvgIpc) is 2.52. The molecule has 2 aromatic carbocycles. The van der Waals surface area contributed by atoms with Crippen molar-refractivity contribution in [2.24, 2.45) is 0 Å². The molecule has 2 nitrogen and oxygen atoms in total. The van der Waals surface area contributed by atoms with Gasteiger partial charge in [-0.05, 0) is 42.7 Å². The molecule has 2 aromatic rings. The van der Waals surface area contributed by atoms with Crippen molar-refractivity contribution in [3.05, 3.63) is 71.3 Å². The smallest absolute Gasteiger partial charge is 0.352 e. The predicted octanol–water partition coefficient (Wildman–Crippen LogP) is 4.07. The first-order valence-corrected chi connectivity index (χ1v) is 6.96. The molecular formula is C17H16F3NO. The molecule has 0 aromatic heterocycles. The van der Waals surface area contributed by atoms with E-state index in [0.717, 1.165) is 25.0 Å². The minimum Gasteiger partial charge on any atom is -0.352 e. The minimum absolute atomic E-state index is 0.229. The van der Waals surface area contributed by atoms with Gasteiger partial charge in [0.2, 0.25) is 0 Å². The van der Waals surface area contributed by atoms with Gasteiger partial charge in [0.15, 0.2) is 0 Å². The largest absolute Gasteiger partial charge is 0.416 e. The quantitative estimate of drug-likeness (QED) is 0.829. The molecule has 1 N–H and O–H groups in total. The molecule has 1 amide bonds. The summed E-state index contributed by atoms with van der Waals surface area (Å²) in [6, 6.07) is 14.1. The molecule has 0 unspecified atom stereocenters. The normalized spacial score (nSPS) is 11.2.